The number of fused-ring (bicyclic) bond motifs is 5. The molecule has 0 saturated carbocycles. The molecular formula is C36H38Br2F2N4S4Si. The van der Waals surface area contributed by atoms with Crippen molar-refractivity contribution in [2.24, 2.45) is 11.8 Å². The molecule has 2 atom stereocenters. The van der Waals surface area contributed by atoms with E-state index in [0.717, 1.165) is 43.1 Å². The molecule has 258 valence electrons. The molecule has 0 saturated heterocycles. The molecule has 4 nitrogen and oxygen atoms in total. The first-order valence-corrected chi connectivity index (χ1v) is 24.4. The first-order chi connectivity index (χ1) is 23.7. The van der Waals surface area contributed by atoms with E-state index in [9.17, 15) is 0 Å². The van der Waals surface area contributed by atoms with Gasteiger partial charge in [-0.05, 0) is 113 Å². The van der Waals surface area contributed by atoms with Crippen molar-refractivity contribution in [3.8, 4) is 30.6 Å². The van der Waals surface area contributed by atoms with Gasteiger partial charge in [-0.25, -0.2) is 8.78 Å². The minimum atomic E-state index is -2.36. The fourth-order valence-corrected chi connectivity index (χ4v) is 20.8. The van der Waals surface area contributed by atoms with E-state index >= 15 is 8.78 Å². The maximum atomic E-state index is 15.4. The van der Waals surface area contributed by atoms with Crippen molar-refractivity contribution in [1.82, 2.24) is 19.2 Å². The summed E-state index contributed by atoms with van der Waals surface area (Å²) in [5, 5.41) is 11.6. The summed E-state index contributed by atoms with van der Waals surface area (Å²) in [4.78, 5) is 4.82. The molecule has 0 bridgehead atoms. The molecule has 0 spiro atoms. The Kier molecular flexibility index (Phi) is 10.9. The third-order valence-electron chi connectivity index (χ3n) is 10.4. The van der Waals surface area contributed by atoms with Gasteiger partial charge in [-0.15, -0.1) is 32.9 Å². The van der Waals surface area contributed by atoms with Crippen molar-refractivity contribution in [1.29, 1.82) is 0 Å². The predicted octanol–water partition coefficient (Wildman–Crippen LogP) is 12.9. The number of thiophene rings is 2. The standard InChI is InChI=1S/C36H38Br2F2N4S4Si/c1-5-9-11-19(7-3)17-49(18-20(8-4)12-10-6-2)27-15-25(21-13-23(39)29(37)31-33(21)47-43-41-31)45-35(27)36-28(49)16-26(46-36)22-14-24(40)30(38)32-34(22)48-44-42-32/h13-16,19-20H,5-12,17-18H2,1-4H3. The summed E-state index contributed by atoms with van der Waals surface area (Å²) in [6, 6.07) is 10.6. The molecule has 2 aromatic carbocycles. The highest BCUT2D eigenvalue weighted by Gasteiger charge is 2.50. The fourth-order valence-electron chi connectivity index (χ4n) is 7.76. The summed E-state index contributed by atoms with van der Waals surface area (Å²) in [5.74, 6) is 0.626. The zero-order chi connectivity index (χ0) is 34.4. The average Bonchev–Trinajstić information content (AvgIpc) is 3.94. The maximum absolute atomic E-state index is 15.4. The Hall–Kier alpha value is -1.48. The van der Waals surface area contributed by atoms with Gasteiger partial charge < -0.3 is 0 Å². The Morgan fingerprint density at radius 2 is 1.10 bits per heavy atom. The van der Waals surface area contributed by atoms with Crippen LogP contribution in [0.3, 0.4) is 0 Å². The zero-order valence-corrected chi connectivity index (χ0v) is 35.4. The van der Waals surface area contributed by atoms with E-state index < -0.39 is 8.07 Å². The molecule has 6 aromatic rings. The van der Waals surface area contributed by atoms with E-state index in [4.69, 9.17) is 0 Å². The van der Waals surface area contributed by atoms with Crippen LogP contribution in [0.1, 0.15) is 79.1 Å². The molecule has 0 radical (unpaired) electrons. The van der Waals surface area contributed by atoms with Crippen LogP contribution in [0.4, 0.5) is 8.78 Å². The van der Waals surface area contributed by atoms with Crippen molar-refractivity contribution in [2.45, 2.75) is 91.1 Å². The Morgan fingerprint density at radius 1 is 0.673 bits per heavy atom. The number of hydrogen-bond donors (Lipinski definition) is 0. The van der Waals surface area contributed by atoms with E-state index in [-0.39, 0.29) is 11.6 Å². The van der Waals surface area contributed by atoms with Gasteiger partial charge in [0, 0.05) is 30.6 Å². The molecule has 5 heterocycles. The van der Waals surface area contributed by atoms with Gasteiger partial charge in [-0.2, -0.15) is 0 Å². The molecule has 0 aliphatic carbocycles. The molecule has 4 aromatic heterocycles. The molecule has 49 heavy (non-hydrogen) atoms. The van der Waals surface area contributed by atoms with Gasteiger partial charge in [-0.1, -0.05) is 88.0 Å². The Balaban J connectivity index is 1.48. The smallest absolute Gasteiger partial charge is 0.140 e. The Bertz CT molecular complexity index is 1990. The van der Waals surface area contributed by atoms with Gasteiger partial charge in [0.25, 0.3) is 0 Å². The van der Waals surface area contributed by atoms with Crippen molar-refractivity contribution >= 4 is 116 Å². The third-order valence-corrected chi connectivity index (χ3v) is 21.7. The normalized spacial score (nSPS) is 14.9. The van der Waals surface area contributed by atoms with Gasteiger partial charge in [0.05, 0.1) is 18.3 Å². The van der Waals surface area contributed by atoms with Gasteiger partial charge >= 0.3 is 0 Å². The largest absolute Gasteiger partial charge is 0.206 e. The molecular weight excluding hydrogens is 843 g/mol. The highest BCUT2D eigenvalue weighted by Crippen LogP contribution is 2.51. The molecule has 0 fully saturated rings. The Morgan fingerprint density at radius 3 is 1.49 bits per heavy atom. The summed E-state index contributed by atoms with van der Waals surface area (Å²) in [7, 11) is -2.36. The summed E-state index contributed by atoms with van der Waals surface area (Å²) in [6.45, 7) is 9.31. The van der Waals surface area contributed by atoms with Crippen LogP contribution in [0.5, 0.6) is 0 Å². The number of nitrogens with zero attached hydrogens (tertiary/aromatic N) is 4. The average molecular weight is 881 g/mol. The lowest BCUT2D eigenvalue weighted by atomic mass is 10.0. The van der Waals surface area contributed by atoms with Gasteiger partial charge in [0.15, 0.2) is 0 Å². The van der Waals surface area contributed by atoms with Crippen LogP contribution in [0.2, 0.25) is 12.1 Å². The number of aromatic nitrogens is 4. The number of halogens is 4. The molecule has 13 heteroatoms. The highest BCUT2D eigenvalue weighted by atomic mass is 79.9. The van der Waals surface area contributed by atoms with Crippen molar-refractivity contribution in [2.75, 3.05) is 0 Å². The van der Waals surface area contributed by atoms with Crippen LogP contribution >= 0.6 is 77.6 Å². The first-order valence-electron chi connectivity index (χ1n) is 17.2. The lowest BCUT2D eigenvalue weighted by molar-refractivity contribution is 0.469. The fraction of sp³-hybridized carbons (Fsp3) is 0.444. The van der Waals surface area contributed by atoms with Gasteiger partial charge in [0.2, 0.25) is 0 Å². The molecule has 0 N–H and O–H groups in total. The summed E-state index contributed by atoms with van der Waals surface area (Å²) < 4.78 is 41.7. The molecule has 0 amide bonds. The van der Waals surface area contributed by atoms with Crippen molar-refractivity contribution < 1.29 is 8.78 Å². The highest BCUT2D eigenvalue weighted by molar-refractivity contribution is 9.11. The van der Waals surface area contributed by atoms with Crippen LogP contribution in [0.25, 0.3) is 51.1 Å². The lowest BCUT2D eigenvalue weighted by Crippen LogP contribution is -2.56. The number of unbranched alkanes of at least 4 members (excludes halogenated alkanes) is 2. The first kappa shape index (κ1) is 35.9. The van der Waals surface area contributed by atoms with Crippen LogP contribution < -0.4 is 10.4 Å². The van der Waals surface area contributed by atoms with Gasteiger partial charge in [-0.3, -0.25) is 0 Å². The molecule has 2 unspecified atom stereocenters. The van der Waals surface area contributed by atoms with Crippen molar-refractivity contribution in [3.05, 3.63) is 44.8 Å². The topological polar surface area (TPSA) is 51.6 Å². The maximum Gasteiger partial charge on any atom is 0.140 e. The van der Waals surface area contributed by atoms with Crippen LogP contribution in [-0.4, -0.2) is 27.2 Å². The summed E-state index contributed by atoms with van der Waals surface area (Å²) in [5.41, 5.74) is 2.89. The van der Waals surface area contributed by atoms with Crippen LogP contribution in [0.15, 0.2) is 33.2 Å². The second-order valence-corrected chi connectivity index (χ2v) is 22.6. The molecule has 1 aliphatic heterocycles. The third kappa shape index (κ3) is 6.35. The second-order valence-electron chi connectivity index (χ2n) is 13.4. The number of rotatable bonds is 14. The predicted molar refractivity (Wildman–Crippen MR) is 217 cm³/mol. The SMILES string of the molecule is CCCCC(CC)C[Si]1(CC(CC)CCCC)c2cc(-c3cc(F)c(Br)c4nnsc34)sc2-c2sc(-c3cc(F)c(Br)c4nnsc34)cc21. The number of hydrogen-bond acceptors (Lipinski definition) is 8. The second kappa shape index (κ2) is 14.9. The van der Waals surface area contributed by atoms with Crippen LogP contribution in [0, 0.1) is 23.5 Å². The minimum absolute atomic E-state index is 0.318. The summed E-state index contributed by atoms with van der Waals surface area (Å²) in [6.07, 6.45) is 9.67. The number of benzene rings is 2. The lowest BCUT2D eigenvalue weighted by Gasteiger charge is -2.35. The molecule has 7 rings (SSSR count). The zero-order valence-electron chi connectivity index (χ0n) is 28.0. The molecule has 1 aliphatic rings. The van der Waals surface area contributed by atoms with E-state index in [1.54, 1.807) is 34.8 Å². The van der Waals surface area contributed by atoms with Crippen molar-refractivity contribution in [3.63, 3.8) is 0 Å². The van der Waals surface area contributed by atoms with E-state index in [1.807, 2.05) is 0 Å². The summed E-state index contributed by atoms with van der Waals surface area (Å²) >= 11 is 13.1. The quantitative estimate of drug-likeness (QED) is 0.102. The minimum Gasteiger partial charge on any atom is -0.206 e. The van der Waals surface area contributed by atoms with Crippen LogP contribution in [-0.2, 0) is 0 Å². The van der Waals surface area contributed by atoms with E-state index in [0.29, 0.717) is 31.8 Å². The van der Waals surface area contributed by atoms with E-state index in [1.165, 1.54) is 93.8 Å². The van der Waals surface area contributed by atoms with E-state index in [2.05, 4.69) is 90.9 Å². The van der Waals surface area contributed by atoms with Gasteiger partial charge in [0.1, 0.15) is 30.7 Å². The Labute approximate surface area is 320 Å². The monoisotopic (exact) mass is 878 g/mol.